The zero-order valence-corrected chi connectivity index (χ0v) is 10.2. The first-order chi connectivity index (χ1) is 6.34. The fourth-order valence-corrected chi connectivity index (χ4v) is 1.48. The van der Waals surface area contributed by atoms with Crippen LogP contribution in [0.25, 0.3) is 0 Å². The molecule has 1 amide bonds. The third kappa shape index (κ3) is 5.17. The van der Waals surface area contributed by atoms with Crippen molar-refractivity contribution in [1.82, 2.24) is 4.90 Å². The van der Waals surface area contributed by atoms with E-state index in [0.717, 1.165) is 6.42 Å². The lowest BCUT2D eigenvalue weighted by Crippen LogP contribution is -2.37. The highest BCUT2D eigenvalue weighted by Gasteiger charge is 2.16. The van der Waals surface area contributed by atoms with Crippen molar-refractivity contribution in [2.45, 2.75) is 39.7 Å². The number of nitrogens with two attached hydrogens (primary N) is 1. The van der Waals surface area contributed by atoms with Crippen LogP contribution in [0.15, 0.2) is 0 Å². The fourth-order valence-electron chi connectivity index (χ4n) is 1.36. The van der Waals surface area contributed by atoms with E-state index in [9.17, 15) is 4.79 Å². The summed E-state index contributed by atoms with van der Waals surface area (Å²) in [4.78, 5) is 13.5. The van der Waals surface area contributed by atoms with Gasteiger partial charge in [-0.3, -0.25) is 4.79 Å². The first-order valence-electron chi connectivity index (χ1n) is 4.88. The molecule has 0 bridgehead atoms. The second kappa shape index (κ2) is 5.96. The smallest absolute Gasteiger partial charge is 0.229 e. The number of amides is 1. The minimum Gasteiger partial charge on any atom is -0.393 e. The van der Waals surface area contributed by atoms with Crippen LogP contribution < -0.4 is 5.73 Å². The molecule has 0 aromatic rings. The van der Waals surface area contributed by atoms with Gasteiger partial charge in [0.1, 0.15) is 0 Å². The summed E-state index contributed by atoms with van der Waals surface area (Å²) in [6, 6.07) is 0.247. The van der Waals surface area contributed by atoms with Gasteiger partial charge in [-0.1, -0.05) is 26.1 Å². The molecule has 0 spiro atoms. The topological polar surface area (TPSA) is 46.3 Å². The Hall–Kier alpha value is -0.640. The van der Waals surface area contributed by atoms with E-state index >= 15 is 0 Å². The zero-order valence-electron chi connectivity index (χ0n) is 9.41. The van der Waals surface area contributed by atoms with Crippen molar-refractivity contribution in [3.05, 3.63) is 0 Å². The summed E-state index contributed by atoms with van der Waals surface area (Å²) < 4.78 is 0. The Morgan fingerprint density at radius 2 is 1.93 bits per heavy atom. The lowest BCUT2D eigenvalue weighted by Gasteiger charge is -2.26. The average Bonchev–Trinajstić information content (AvgIpc) is 2.00. The molecule has 0 radical (unpaired) electrons. The van der Waals surface area contributed by atoms with Gasteiger partial charge in [0.05, 0.1) is 11.4 Å². The largest absolute Gasteiger partial charge is 0.393 e. The Morgan fingerprint density at radius 3 is 2.29 bits per heavy atom. The molecular formula is C10H20N2OS. The maximum absolute atomic E-state index is 11.5. The Labute approximate surface area is 91.6 Å². The molecular weight excluding hydrogens is 196 g/mol. The van der Waals surface area contributed by atoms with Crippen LogP contribution in [0.3, 0.4) is 0 Å². The number of rotatable bonds is 5. The molecule has 2 N–H and O–H groups in total. The van der Waals surface area contributed by atoms with E-state index in [1.807, 2.05) is 6.92 Å². The normalized spacial score (nSPS) is 12.6. The molecule has 82 valence electrons. The molecule has 0 fully saturated rings. The summed E-state index contributed by atoms with van der Waals surface area (Å²) in [7, 11) is 1.80. The van der Waals surface area contributed by atoms with Crippen LogP contribution in [0, 0.1) is 5.92 Å². The van der Waals surface area contributed by atoms with Gasteiger partial charge in [0.15, 0.2) is 0 Å². The summed E-state index contributed by atoms with van der Waals surface area (Å²) in [5.41, 5.74) is 5.32. The molecule has 0 saturated carbocycles. The number of nitrogens with zero attached hydrogens (tertiary/aromatic N) is 1. The van der Waals surface area contributed by atoms with Crippen molar-refractivity contribution >= 4 is 23.1 Å². The van der Waals surface area contributed by atoms with Gasteiger partial charge < -0.3 is 10.6 Å². The summed E-state index contributed by atoms with van der Waals surface area (Å²) in [5.74, 6) is 0.593. The Balaban J connectivity index is 4.10. The maximum Gasteiger partial charge on any atom is 0.229 e. The van der Waals surface area contributed by atoms with Gasteiger partial charge in [0.2, 0.25) is 5.91 Å². The van der Waals surface area contributed by atoms with Crippen molar-refractivity contribution < 1.29 is 4.79 Å². The van der Waals surface area contributed by atoms with Crippen LogP contribution in [-0.4, -0.2) is 28.9 Å². The van der Waals surface area contributed by atoms with E-state index in [-0.39, 0.29) is 23.4 Å². The molecule has 14 heavy (non-hydrogen) atoms. The lowest BCUT2D eigenvalue weighted by molar-refractivity contribution is -0.130. The molecule has 0 aliphatic rings. The second-order valence-corrected chi connectivity index (χ2v) is 4.65. The molecule has 0 aromatic heterocycles. The van der Waals surface area contributed by atoms with Crippen LogP contribution in [0.2, 0.25) is 0 Å². The molecule has 0 rings (SSSR count). The van der Waals surface area contributed by atoms with Crippen molar-refractivity contribution in [3.8, 4) is 0 Å². The minimum absolute atomic E-state index is 0.00523. The first-order valence-corrected chi connectivity index (χ1v) is 5.29. The number of carbonyl (C=O) groups excluding carboxylic acids is 1. The first kappa shape index (κ1) is 13.4. The van der Waals surface area contributed by atoms with Gasteiger partial charge in [0.25, 0.3) is 0 Å². The summed E-state index contributed by atoms with van der Waals surface area (Å²) in [6.07, 6.45) is 1.17. The monoisotopic (exact) mass is 216 g/mol. The minimum atomic E-state index is 0.00523. The zero-order chi connectivity index (χ0) is 11.3. The van der Waals surface area contributed by atoms with E-state index in [4.69, 9.17) is 18.0 Å². The predicted octanol–water partition coefficient (Wildman–Crippen LogP) is 1.56. The third-order valence-electron chi connectivity index (χ3n) is 2.19. The Kier molecular flexibility index (Phi) is 5.69. The predicted molar refractivity (Wildman–Crippen MR) is 63.1 cm³/mol. The highest BCUT2D eigenvalue weighted by atomic mass is 32.1. The van der Waals surface area contributed by atoms with Gasteiger partial charge >= 0.3 is 0 Å². The molecule has 0 aliphatic carbocycles. The average molecular weight is 216 g/mol. The Morgan fingerprint density at radius 1 is 1.43 bits per heavy atom. The van der Waals surface area contributed by atoms with Crippen LogP contribution in [-0.2, 0) is 4.79 Å². The molecule has 0 aromatic carbocycles. The summed E-state index contributed by atoms with van der Waals surface area (Å²) in [6.45, 7) is 6.32. The number of hydrogen-bond acceptors (Lipinski definition) is 2. The van der Waals surface area contributed by atoms with Crippen molar-refractivity contribution in [2.75, 3.05) is 7.05 Å². The summed E-state index contributed by atoms with van der Waals surface area (Å²) in [5, 5.41) is 0. The van der Waals surface area contributed by atoms with Gasteiger partial charge in [-0.25, -0.2) is 0 Å². The van der Waals surface area contributed by atoms with Crippen LogP contribution in [0.1, 0.15) is 33.6 Å². The Bertz CT molecular complexity index is 216. The molecule has 1 atom stereocenters. The van der Waals surface area contributed by atoms with Crippen LogP contribution in [0.4, 0.5) is 0 Å². The van der Waals surface area contributed by atoms with Crippen molar-refractivity contribution in [2.24, 2.45) is 11.7 Å². The van der Waals surface area contributed by atoms with Crippen molar-refractivity contribution in [1.29, 1.82) is 0 Å². The second-order valence-electron chi connectivity index (χ2n) is 4.13. The molecule has 0 aliphatic heterocycles. The van der Waals surface area contributed by atoms with Gasteiger partial charge in [-0.15, -0.1) is 0 Å². The number of hydrogen-bond donors (Lipinski definition) is 1. The number of carbonyl (C=O) groups is 1. The van der Waals surface area contributed by atoms with Crippen molar-refractivity contribution in [3.63, 3.8) is 0 Å². The SMILES string of the molecule is CC(C)CC(C)N(C)C(=O)CC(N)=S. The standard InChI is InChI=1S/C10H20N2OS/c1-7(2)5-8(3)12(4)10(13)6-9(11)14/h7-8H,5-6H2,1-4H3,(H2,11,14). The molecule has 1 unspecified atom stereocenters. The lowest BCUT2D eigenvalue weighted by atomic mass is 10.0. The van der Waals surface area contributed by atoms with Gasteiger partial charge in [-0.2, -0.15) is 0 Å². The van der Waals surface area contributed by atoms with E-state index < -0.39 is 0 Å². The van der Waals surface area contributed by atoms with Crippen LogP contribution >= 0.6 is 12.2 Å². The third-order valence-corrected chi connectivity index (χ3v) is 2.34. The molecule has 0 saturated heterocycles. The quantitative estimate of drug-likeness (QED) is 0.709. The van der Waals surface area contributed by atoms with Gasteiger partial charge in [0, 0.05) is 13.1 Å². The van der Waals surface area contributed by atoms with E-state index in [0.29, 0.717) is 5.92 Å². The molecule has 4 heteroatoms. The van der Waals surface area contributed by atoms with E-state index in [2.05, 4.69) is 13.8 Å². The summed E-state index contributed by atoms with van der Waals surface area (Å²) >= 11 is 4.70. The van der Waals surface area contributed by atoms with E-state index in [1.165, 1.54) is 0 Å². The van der Waals surface area contributed by atoms with E-state index in [1.54, 1.807) is 11.9 Å². The van der Waals surface area contributed by atoms with Crippen LogP contribution in [0.5, 0.6) is 0 Å². The van der Waals surface area contributed by atoms with Gasteiger partial charge in [-0.05, 0) is 19.3 Å². The molecule has 0 heterocycles. The highest BCUT2D eigenvalue weighted by molar-refractivity contribution is 7.80. The fraction of sp³-hybridized carbons (Fsp3) is 0.800. The highest BCUT2D eigenvalue weighted by Crippen LogP contribution is 2.10. The number of thiocarbonyl (C=S) groups is 1. The maximum atomic E-state index is 11.5. The molecule has 3 nitrogen and oxygen atoms in total.